The molecule has 0 spiro atoms. The van der Waals surface area contributed by atoms with Gasteiger partial charge < -0.3 is 10.8 Å². The van der Waals surface area contributed by atoms with E-state index in [4.69, 9.17) is 5.73 Å². The Kier molecular flexibility index (Phi) is 3.18. The van der Waals surface area contributed by atoms with Crippen LogP contribution in [0.2, 0.25) is 0 Å². The number of nitrogens with two attached hydrogens (primary N) is 1. The number of fused-ring (bicyclic) bond motifs is 1. The molecule has 3 heterocycles. The Bertz CT molecular complexity index is 711. The minimum atomic E-state index is -1.14. The number of nitrogens with zero attached hydrogens (tertiary/aromatic N) is 4. The Balaban J connectivity index is 1.85. The van der Waals surface area contributed by atoms with Gasteiger partial charge in [0, 0.05) is 36.6 Å². The summed E-state index contributed by atoms with van der Waals surface area (Å²) in [4.78, 5) is 17.8. The number of aryl methyl sites for hydroxylation is 2. The molecular formula is C14H19N5O2. The van der Waals surface area contributed by atoms with E-state index in [1.165, 1.54) is 0 Å². The Hall–Kier alpha value is -1.99. The summed E-state index contributed by atoms with van der Waals surface area (Å²) in [6, 6.07) is 1.98. The molecule has 1 fully saturated rings. The first-order valence-corrected chi connectivity index (χ1v) is 6.94. The van der Waals surface area contributed by atoms with Gasteiger partial charge in [0.25, 0.3) is 0 Å². The van der Waals surface area contributed by atoms with Crippen LogP contribution in [0.15, 0.2) is 12.3 Å². The zero-order chi connectivity index (χ0) is 15.2. The van der Waals surface area contributed by atoms with E-state index in [1.807, 2.05) is 29.3 Å². The summed E-state index contributed by atoms with van der Waals surface area (Å²) >= 11 is 0. The van der Waals surface area contributed by atoms with Crippen molar-refractivity contribution in [3.63, 3.8) is 0 Å². The molecule has 2 aromatic heterocycles. The van der Waals surface area contributed by atoms with E-state index in [9.17, 15) is 9.90 Å². The smallest absolute Gasteiger partial charge is 0.325 e. The second-order valence-corrected chi connectivity index (χ2v) is 5.87. The summed E-state index contributed by atoms with van der Waals surface area (Å²) < 4.78 is 1.81. The van der Waals surface area contributed by atoms with Gasteiger partial charge in [0.1, 0.15) is 5.54 Å². The quantitative estimate of drug-likeness (QED) is 0.845. The van der Waals surface area contributed by atoms with E-state index >= 15 is 0 Å². The molecule has 0 aromatic carbocycles. The van der Waals surface area contributed by atoms with Gasteiger partial charge in [-0.15, -0.1) is 0 Å². The third-order valence-corrected chi connectivity index (χ3v) is 4.05. The summed E-state index contributed by atoms with van der Waals surface area (Å²) in [5, 5.41) is 13.5. The maximum Gasteiger partial charge on any atom is 0.325 e. The van der Waals surface area contributed by atoms with Crippen LogP contribution < -0.4 is 5.73 Å². The fourth-order valence-electron chi connectivity index (χ4n) is 2.89. The van der Waals surface area contributed by atoms with Crippen molar-refractivity contribution in [2.24, 2.45) is 5.73 Å². The number of carboxylic acid groups (broad SMARTS) is 1. The van der Waals surface area contributed by atoms with Crippen LogP contribution in [0.4, 0.5) is 0 Å². The van der Waals surface area contributed by atoms with Gasteiger partial charge in [-0.25, -0.2) is 9.50 Å². The Morgan fingerprint density at radius 2 is 2.29 bits per heavy atom. The Morgan fingerprint density at radius 3 is 2.95 bits per heavy atom. The summed E-state index contributed by atoms with van der Waals surface area (Å²) in [5.74, 6) is -0.935. The molecule has 21 heavy (non-hydrogen) atoms. The van der Waals surface area contributed by atoms with Crippen LogP contribution in [0.3, 0.4) is 0 Å². The van der Waals surface area contributed by atoms with Crippen molar-refractivity contribution in [1.82, 2.24) is 19.5 Å². The normalized spacial score (nSPS) is 23.0. The SMILES string of the molecule is Cc1cc(C)n2ncc(CN3CC[C@@](N)(C(=O)O)C3)c2n1. The number of likely N-dealkylation sites (tertiary alicyclic amines) is 1. The number of aromatic nitrogens is 3. The monoisotopic (exact) mass is 289 g/mol. The zero-order valence-electron chi connectivity index (χ0n) is 12.2. The molecule has 3 N–H and O–H groups in total. The van der Waals surface area contributed by atoms with Gasteiger partial charge in [-0.05, 0) is 26.3 Å². The van der Waals surface area contributed by atoms with Gasteiger partial charge in [-0.3, -0.25) is 9.69 Å². The summed E-state index contributed by atoms with van der Waals surface area (Å²) in [7, 11) is 0. The highest BCUT2D eigenvalue weighted by Crippen LogP contribution is 2.22. The highest BCUT2D eigenvalue weighted by Gasteiger charge is 2.41. The molecule has 112 valence electrons. The van der Waals surface area contributed by atoms with Crippen molar-refractivity contribution in [3.05, 3.63) is 29.2 Å². The molecular weight excluding hydrogens is 270 g/mol. The van der Waals surface area contributed by atoms with E-state index in [2.05, 4.69) is 10.1 Å². The van der Waals surface area contributed by atoms with Crippen molar-refractivity contribution in [2.75, 3.05) is 13.1 Å². The minimum absolute atomic E-state index is 0.352. The predicted molar refractivity (Wildman–Crippen MR) is 76.9 cm³/mol. The molecule has 2 aromatic rings. The van der Waals surface area contributed by atoms with E-state index < -0.39 is 11.5 Å². The molecule has 0 unspecified atom stereocenters. The van der Waals surface area contributed by atoms with Crippen LogP contribution in [-0.2, 0) is 11.3 Å². The molecule has 3 rings (SSSR count). The number of rotatable bonds is 3. The lowest BCUT2D eigenvalue weighted by Crippen LogP contribution is -2.50. The molecule has 0 bridgehead atoms. The number of aliphatic carboxylic acids is 1. The van der Waals surface area contributed by atoms with Gasteiger partial charge in [-0.2, -0.15) is 5.10 Å². The largest absolute Gasteiger partial charge is 0.480 e. The lowest BCUT2D eigenvalue weighted by atomic mass is 10.0. The Labute approximate surface area is 122 Å². The van der Waals surface area contributed by atoms with E-state index in [-0.39, 0.29) is 0 Å². The van der Waals surface area contributed by atoms with Crippen molar-refractivity contribution in [1.29, 1.82) is 0 Å². The van der Waals surface area contributed by atoms with Crippen LogP contribution in [0.25, 0.3) is 5.65 Å². The van der Waals surface area contributed by atoms with Gasteiger partial charge in [0.05, 0.1) is 6.20 Å². The molecule has 0 aliphatic carbocycles. The first kappa shape index (κ1) is 14.0. The predicted octanol–water partition coefficient (Wildman–Crippen LogP) is 0.334. The van der Waals surface area contributed by atoms with Crippen LogP contribution in [0.5, 0.6) is 0 Å². The van der Waals surface area contributed by atoms with Crippen LogP contribution in [0.1, 0.15) is 23.4 Å². The van der Waals surface area contributed by atoms with Gasteiger partial charge in [0.2, 0.25) is 0 Å². The highest BCUT2D eigenvalue weighted by molar-refractivity contribution is 5.79. The third-order valence-electron chi connectivity index (χ3n) is 4.05. The number of carboxylic acids is 1. The van der Waals surface area contributed by atoms with Crippen LogP contribution in [-0.4, -0.2) is 49.2 Å². The maximum absolute atomic E-state index is 11.2. The lowest BCUT2D eigenvalue weighted by molar-refractivity contribution is -0.142. The van der Waals surface area contributed by atoms with Crippen LogP contribution >= 0.6 is 0 Å². The molecule has 0 amide bonds. The van der Waals surface area contributed by atoms with Crippen molar-refractivity contribution >= 4 is 11.6 Å². The van der Waals surface area contributed by atoms with Gasteiger partial charge in [0.15, 0.2) is 5.65 Å². The topological polar surface area (TPSA) is 96.8 Å². The molecule has 1 aliphatic heterocycles. The number of hydrogen-bond donors (Lipinski definition) is 2. The molecule has 7 nitrogen and oxygen atoms in total. The highest BCUT2D eigenvalue weighted by atomic mass is 16.4. The van der Waals surface area contributed by atoms with Gasteiger partial charge >= 0.3 is 5.97 Å². The standard InChI is InChI=1S/C14H19N5O2/c1-9-5-10(2)19-12(17-9)11(6-16-19)7-18-4-3-14(15,8-18)13(20)21/h5-6H,3-4,7-8,15H2,1-2H3,(H,20,21)/t14-/m0/s1. The summed E-state index contributed by atoms with van der Waals surface area (Å²) in [6.45, 7) is 5.58. The first-order chi connectivity index (χ1) is 9.89. The lowest BCUT2D eigenvalue weighted by Gasteiger charge is -2.19. The van der Waals surface area contributed by atoms with E-state index in [1.54, 1.807) is 6.20 Å². The second kappa shape index (κ2) is 4.78. The number of carbonyl (C=O) groups is 1. The molecule has 0 saturated carbocycles. The fraction of sp³-hybridized carbons (Fsp3) is 0.500. The average Bonchev–Trinajstić information content (AvgIpc) is 2.96. The second-order valence-electron chi connectivity index (χ2n) is 5.87. The Morgan fingerprint density at radius 1 is 1.52 bits per heavy atom. The zero-order valence-corrected chi connectivity index (χ0v) is 12.2. The first-order valence-electron chi connectivity index (χ1n) is 6.94. The van der Waals surface area contributed by atoms with Gasteiger partial charge in [-0.1, -0.05) is 0 Å². The molecule has 1 saturated heterocycles. The fourth-order valence-corrected chi connectivity index (χ4v) is 2.89. The number of hydrogen-bond acceptors (Lipinski definition) is 5. The molecule has 1 atom stereocenters. The van der Waals surface area contributed by atoms with Crippen molar-refractivity contribution in [2.45, 2.75) is 32.4 Å². The third kappa shape index (κ3) is 2.38. The summed E-state index contributed by atoms with van der Waals surface area (Å²) in [6.07, 6.45) is 2.26. The molecule has 0 radical (unpaired) electrons. The summed E-state index contributed by atoms with van der Waals surface area (Å²) in [5.41, 5.74) is 8.57. The van der Waals surface area contributed by atoms with Crippen molar-refractivity contribution in [3.8, 4) is 0 Å². The van der Waals surface area contributed by atoms with Crippen LogP contribution in [0, 0.1) is 13.8 Å². The molecule has 1 aliphatic rings. The minimum Gasteiger partial charge on any atom is -0.480 e. The average molecular weight is 289 g/mol. The van der Waals surface area contributed by atoms with Crippen molar-refractivity contribution < 1.29 is 9.90 Å². The molecule has 7 heteroatoms. The van der Waals surface area contributed by atoms with E-state index in [0.717, 1.165) is 22.6 Å². The maximum atomic E-state index is 11.2. The van der Waals surface area contributed by atoms with E-state index in [0.29, 0.717) is 26.1 Å².